The maximum Gasteiger partial charge on any atom is 0.192 e. The Hall–Kier alpha value is -1.31. The van der Waals surface area contributed by atoms with Crippen LogP contribution in [0.25, 0.3) is 0 Å². The summed E-state index contributed by atoms with van der Waals surface area (Å²) < 4.78 is 7.37. The summed E-state index contributed by atoms with van der Waals surface area (Å²) in [4.78, 5) is 12.9. The zero-order chi connectivity index (χ0) is 19.8. The molecule has 0 saturated carbocycles. The van der Waals surface area contributed by atoms with Gasteiger partial charge in [0.1, 0.15) is 17.4 Å². The maximum absolute atomic E-state index is 5.41. The molecular formula is C18H31IN8OS. The topological polar surface area (TPSA) is 92.5 Å². The third-order valence-electron chi connectivity index (χ3n) is 4.74. The summed E-state index contributed by atoms with van der Waals surface area (Å²) in [5.41, 5.74) is 0. The minimum Gasteiger partial charge on any atom is -0.379 e. The van der Waals surface area contributed by atoms with Crippen LogP contribution in [-0.4, -0.2) is 70.0 Å². The van der Waals surface area contributed by atoms with Gasteiger partial charge >= 0.3 is 0 Å². The lowest BCUT2D eigenvalue weighted by atomic mass is 10.4. The van der Waals surface area contributed by atoms with E-state index in [1.54, 1.807) is 11.3 Å². The Morgan fingerprint density at radius 1 is 1.28 bits per heavy atom. The Kier molecular flexibility index (Phi) is 10.2. The standard InChI is InChI=1S/C18H30N8OS.HI/c1-4-15-11-20-17(28-15)13-22-18(19-5-6-26-7-9-27-10-8-26)21-12-16-24-23-14(2)25(16)3;/h11H,4-10,12-13H2,1-3H3,(H2,19,21,22);1H. The van der Waals surface area contributed by atoms with Crippen LogP contribution in [0, 0.1) is 6.92 Å². The summed E-state index contributed by atoms with van der Waals surface area (Å²) in [6.45, 7) is 10.6. The van der Waals surface area contributed by atoms with Gasteiger partial charge < -0.3 is 19.9 Å². The van der Waals surface area contributed by atoms with Crippen LogP contribution < -0.4 is 10.6 Å². The Bertz CT molecular complexity index is 772. The van der Waals surface area contributed by atoms with Crippen LogP contribution in [0.3, 0.4) is 0 Å². The van der Waals surface area contributed by atoms with Gasteiger partial charge in [-0.05, 0) is 13.3 Å². The molecule has 0 aliphatic carbocycles. The van der Waals surface area contributed by atoms with Crippen molar-refractivity contribution < 1.29 is 4.74 Å². The molecule has 1 aliphatic rings. The summed E-state index contributed by atoms with van der Waals surface area (Å²) in [5.74, 6) is 2.49. The first kappa shape index (κ1) is 24.0. The highest BCUT2D eigenvalue weighted by molar-refractivity contribution is 14.0. The smallest absolute Gasteiger partial charge is 0.192 e. The van der Waals surface area contributed by atoms with E-state index >= 15 is 0 Å². The van der Waals surface area contributed by atoms with Gasteiger partial charge in [-0.2, -0.15) is 0 Å². The normalized spacial score (nSPS) is 15.2. The molecule has 1 fully saturated rings. The molecule has 0 radical (unpaired) electrons. The molecule has 3 heterocycles. The average Bonchev–Trinajstić information content (AvgIpc) is 3.31. The van der Waals surface area contributed by atoms with Gasteiger partial charge in [0.25, 0.3) is 0 Å². The van der Waals surface area contributed by atoms with Crippen molar-refractivity contribution in [3.63, 3.8) is 0 Å². The number of aliphatic imine (C=N–C) groups is 1. The third kappa shape index (κ3) is 7.46. The van der Waals surface area contributed by atoms with E-state index < -0.39 is 0 Å². The van der Waals surface area contributed by atoms with Crippen molar-refractivity contribution in [1.82, 2.24) is 35.3 Å². The van der Waals surface area contributed by atoms with Gasteiger partial charge in [0.2, 0.25) is 0 Å². The molecule has 2 aromatic heterocycles. The second-order valence-corrected chi connectivity index (χ2v) is 7.90. The highest BCUT2D eigenvalue weighted by atomic mass is 127. The molecule has 0 aromatic carbocycles. The van der Waals surface area contributed by atoms with Crippen molar-refractivity contribution >= 4 is 41.3 Å². The first-order valence-electron chi connectivity index (χ1n) is 9.76. The fourth-order valence-electron chi connectivity index (χ4n) is 2.82. The van der Waals surface area contributed by atoms with Crippen LogP contribution >= 0.6 is 35.3 Å². The summed E-state index contributed by atoms with van der Waals surface area (Å²) in [6, 6.07) is 0. The Morgan fingerprint density at radius 3 is 2.72 bits per heavy atom. The molecule has 0 amide bonds. The fourth-order valence-corrected chi connectivity index (χ4v) is 3.62. The average molecular weight is 534 g/mol. The van der Waals surface area contributed by atoms with Crippen LogP contribution in [0.2, 0.25) is 0 Å². The monoisotopic (exact) mass is 534 g/mol. The van der Waals surface area contributed by atoms with Crippen LogP contribution in [0.4, 0.5) is 0 Å². The molecule has 0 bridgehead atoms. The van der Waals surface area contributed by atoms with Crippen LogP contribution in [0.1, 0.15) is 28.5 Å². The quantitative estimate of drug-likeness (QED) is 0.300. The molecule has 3 rings (SSSR count). The number of thiazole rings is 1. The lowest BCUT2D eigenvalue weighted by Gasteiger charge is -2.26. The first-order chi connectivity index (χ1) is 13.7. The Balaban J connectivity index is 0.00000300. The van der Waals surface area contributed by atoms with Crippen LogP contribution in [0.15, 0.2) is 11.2 Å². The van der Waals surface area contributed by atoms with E-state index in [0.717, 1.165) is 68.4 Å². The number of ether oxygens (including phenoxy) is 1. The zero-order valence-electron chi connectivity index (χ0n) is 17.3. The molecule has 2 N–H and O–H groups in total. The van der Waals surface area contributed by atoms with Crippen molar-refractivity contribution in [1.29, 1.82) is 0 Å². The zero-order valence-corrected chi connectivity index (χ0v) is 20.5. The second kappa shape index (κ2) is 12.4. The SMILES string of the molecule is CCc1cnc(CNC(=NCc2nnc(C)n2C)NCCN2CCOCC2)s1.I. The maximum atomic E-state index is 5.41. The number of hydrogen-bond donors (Lipinski definition) is 2. The van der Waals surface area contributed by atoms with Gasteiger partial charge in [0.05, 0.1) is 19.8 Å². The number of aryl methyl sites for hydroxylation is 2. The lowest BCUT2D eigenvalue weighted by molar-refractivity contribution is 0.0389. The molecule has 11 heteroatoms. The van der Waals surface area contributed by atoms with Gasteiger partial charge in [-0.25, -0.2) is 9.98 Å². The molecule has 0 unspecified atom stereocenters. The largest absolute Gasteiger partial charge is 0.379 e. The van der Waals surface area contributed by atoms with E-state index in [9.17, 15) is 0 Å². The molecule has 29 heavy (non-hydrogen) atoms. The van der Waals surface area contributed by atoms with Gasteiger partial charge in [-0.3, -0.25) is 4.90 Å². The molecule has 1 aliphatic heterocycles. The number of guanidine groups is 1. The second-order valence-electron chi connectivity index (χ2n) is 6.70. The van der Waals surface area contributed by atoms with Gasteiger partial charge in [0, 0.05) is 44.3 Å². The molecule has 162 valence electrons. The number of rotatable bonds is 8. The highest BCUT2D eigenvalue weighted by Gasteiger charge is 2.11. The summed E-state index contributed by atoms with van der Waals surface area (Å²) in [5, 5.41) is 16.2. The van der Waals surface area contributed by atoms with Gasteiger partial charge in [-0.15, -0.1) is 45.5 Å². The summed E-state index contributed by atoms with van der Waals surface area (Å²) >= 11 is 1.74. The highest BCUT2D eigenvalue weighted by Crippen LogP contribution is 2.12. The molecule has 1 saturated heterocycles. The number of nitrogens with one attached hydrogen (secondary N) is 2. The fraction of sp³-hybridized carbons (Fsp3) is 0.667. The minimum atomic E-state index is 0. The summed E-state index contributed by atoms with van der Waals surface area (Å²) in [7, 11) is 1.96. The van der Waals surface area contributed by atoms with E-state index in [1.165, 1.54) is 4.88 Å². The predicted octanol–water partition coefficient (Wildman–Crippen LogP) is 1.33. The van der Waals surface area contributed by atoms with Crippen molar-refractivity contribution in [3.8, 4) is 0 Å². The number of nitrogens with zero attached hydrogens (tertiary/aromatic N) is 6. The van der Waals surface area contributed by atoms with Gasteiger partial charge in [-0.1, -0.05) is 6.92 Å². The van der Waals surface area contributed by atoms with Crippen molar-refractivity contribution in [2.75, 3.05) is 39.4 Å². The number of halogens is 1. The van der Waals surface area contributed by atoms with Crippen LogP contribution in [0.5, 0.6) is 0 Å². The predicted molar refractivity (Wildman–Crippen MR) is 126 cm³/mol. The van der Waals surface area contributed by atoms with Crippen molar-refractivity contribution in [3.05, 3.63) is 27.7 Å². The van der Waals surface area contributed by atoms with E-state index in [2.05, 4.69) is 37.6 Å². The molecule has 2 aromatic rings. The molecule has 0 spiro atoms. The first-order valence-corrected chi connectivity index (χ1v) is 10.6. The van der Waals surface area contributed by atoms with E-state index in [0.29, 0.717) is 13.1 Å². The molecule has 0 atom stereocenters. The Morgan fingerprint density at radius 2 is 2.07 bits per heavy atom. The lowest BCUT2D eigenvalue weighted by Crippen LogP contribution is -2.44. The third-order valence-corrected chi connectivity index (χ3v) is 5.88. The van der Waals surface area contributed by atoms with E-state index in [-0.39, 0.29) is 24.0 Å². The molecular weight excluding hydrogens is 503 g/mol. The van der Waals surface area contributed by atoms with Crippen LogP contribution in [-0.2, 0) is 31.3 Å². The Labute approximate surface area is 193 Å². The van der Waals surface area contributed by atoms with E-state index in [1.807, 2.05) is 24.7 Å². The number of morpholine rings is 1. The summed E-state index contributed by atoms with van der Waals surface area (Å²) in [6.07, 6.45) is 2.97. The number of aromatic nitrogens is 4. The van der Waals surface area contributed by atoms with Gasteiger partial charge in [0.15, 0.2) is 11.8 Å². The van der Waals surface area contributed by atoms with Crippen molar-refractivity contribution in [2.45, 2.75) is 33.4 Å². The minimum absolute atomic E-state index is 0. The van der Waals surface area contributed by atoms with Crippen molar-refractivity contribution in [2.24, 2.45) is 12.0 Å². The molecule has 9 nitrogen and oxygen atoms in total. The van der Waals surface area contributed by atoms with E-state index in [4.69, 9.17) is 9.73 Å². The number of hydrogen-bond acceptors (Lipinski definition) is 7.